The van der Waals surface area contributed by atoms with E-state index in [0.29, 0.717) is 6.54 Å². The van der Waals surface area contributed by atoms with Crippen molar-refractivity contribution in [3.63, 3.8) is 0 Å². The van der Waals surface area contributed by atoms with Crippen molar-refractivity contribution in [1.82, 2.24) is 4.98 Å². The number of halogens is 1. The van der Waals surface area contributed by atoms with Crippen molar-refractivity contribution in [2.45, 2.75) is 6.92 Å². The van der Waals surface area contributed by atoms with Crippen LogP contribution in [0.1, 0.15) is 6.92 Å². The molecule has 14 heavy (non-hydrogen) atoms. The van der Waals surface area contributed by atoms with Crippen molar-refractivity contribution in [2.24, 2.45) is 5.92 Å². The molecule has 0 N–H and O–H groups in total. The summed E-state index contributed by atoms with van der Waals surface area (Å²) in [5, 5.41) is 8.62. The molecule has 0 bridgehead atoms. The largest absolute Gasteiger partial charge is 0.373 e. The molecule has 1 aromatic heterocycles. The molecule has 1 atom stereocenters. The number of hydrogen-bond acceptors (Lipinski definition) is 3. The van der Waals surface area contributed by atoms with Crippen molar-refractivity contribution in [3.05, 3.63) is 24.3 Å². The number of hydrogen-bond donors (Lipinski definition) is 0. The van der Waals surface area contributed by atoms with Gasteiger partial charge in [0, 0.05) is 31.5 Å². The summed E-state index contributed by atoms with van der Waals surface area (Å²) in [4.78, 5) is 5.30. The van der Waals surface area contributed by atoms with Gasteiger partial charge in [0.1, 0.15) is 0 Å². The average molecular weight is 193 g/mol. The summed E-state index contributed by atoms with van der Waals surface area (Å²) >= 11 is 0. The SMILES string of the molecule is CC(C#N)CN(C)c1ccnc(F)c1. The molecule has 1 aromatic rings. The Bertz CT molecular complexity index is 345. The Morgan fingerprint density at radius 3 is 3.00 bits per heavy atom. The van der Waals surface area contributed by atoms with E-state index in [1.807, 2.05) is 18.9 Å². The molecule has 1 heterocycles. The fraction of sp³-hybridized carbons (Fsp3) is 0.400. The van der Waals surface area contributed by atoms with Gasteiger partial charge in [-0.05, 0) is 13.0 Å². The molecule has 1 rings (SSSR count). The third-order valence-electron chi connectivity index (χ3n) is 1.92. The summed E-state index contributed by atoms with van der Waals surface area (Å²) in [6, 6.07) is 5.20. The van der Waals surface area contributed by atoms with Crippen molar-refractivity contribution in [1.29, 1.82) is 5.26 Å². The standard InChI is InChI=1S/C10H12FN3/c1-8(6-12)7-14(2)9-3-4-13-10(11)5-9/h3-5,8H,7H2,1-2H3. The molecular formula is C10H12FN3. The molecule has 0 fully saturated rings. The molecule has 0 amide bonds. The van der Waals surface area contributed by atoms with Crippen LogP contribution >= 0.6 is 0 Å². The Kier molecular flexibility index (Phi) is 3.41. The van der Waals surface area contributed by atoms with Crippen LogP contribution in [0, 0.1) is 23.2 Å². The first kappa shape index (κ1) is 10.5. The normalized spacial score (nSPS) is 11.9. The first-order chi connectivity index (χ1) is 6.63. The van der Waals surface area contributed by atoms with Crippen LogP contribution in [0.15, 0.2) is 18.3 Å². The Balaban J connectivity index is 2.70. The molecule has 0 aromatic carbocycles. The van der Waals surface area contributed by atoms with Gasteiger partial charge in [0.05, 0.1) is 12.0 Å². The molecule has 0 radical (unpaired) electrons. The summed E-state index contributed by atoms with van der Waals surface area (Å²) in [7, 11) is 1.82. The van der Waals surface area contributed by atoms with E-state index in [0.717, 1.165) is 5.69 Å². The summed E-state index contributed by atoms with van der Waals surface area (Å²) < 4.78 is 12.7. The number of rotatable bonds is 3. The summed E-state index contributed by atoms with van der Waals surface area (Å²) in [6.45, 7) is 2.41. The van der Waals surface area contributed by atoms with Gasteiger partial charge in [-0.1, -0.05) is 0 Å². The maximum atomic E-state index is 12.7. The quantitative estimate of drug-likeness (QED) is 0.687. The van der Waals surface area contributed by atoms with Crippen LogP contribution in [0.4, 0.5) is 10.1 Å². The number of anilines is 1. The maximum Gasteiger partial charge on any atom is 0.214 e. The Morgan fingerprint density at radius 2 is 2.43 bits per heavy atom. The van der Waals surface area contributed by atoms with Crippen LogP contribution in [-0.4, -0.2) is 18.6 Å². The third kappa shape index (κ3) is 2.70. The van der Waals surface area contributed by atoms with Gasteiger partial charge in [-0.15, -0.1) is 0 Å². The Hall–Kier alpha value is -1.63. The van der Waals surface area contributed by atoms with E-state index < -0.39 is 5.95 Å². The van der Waals surface area contributed by atoms with Crippen molar-refractivity contribution in [2.75, 3.05) is 18.5 Å². The lowest BCUT2D eigenvalue weighted by Crippen LogP contribution is -2.23. The number of nitrogens with zero attached hydrogens (tertiary/aromatic N) is 3. The molecule has 0 saturated heterocycles. The van der Waals surface area contributed by atoms with Gasteiger partial charge in [0.25, 0.3) is 0 Å². The fourth-order valence-electron chi connectivity index (χ4n) is 1.19. The van der Waals surface area contributed by atoms with Gasteiger partial charge < -0.3 is 4.90 Å². The fourth-order valence-corrected chi connectivity index (χ4v) is 1.19. The molecule has 0 aliphatic heterocycles. The van der Waals surface area contributed by atoms with Crippen LogP contribution in [0.3, 0.4) is 0 Å². The minimum atomic E-state index is -0.501. The molecule has 1 unspecified atom stereocenters. The van der Waals surface area contributed by atoms with Gasteiger partial charge in [-0.25, -0.2) is 4.98 Å². The Labute approximate surface area is 82.8 Å². The summed E-state index contributed by atoms with van der Waals surface area (Å²) in [6.07, 6.45) is 1.41. The molecule has 4 heteroatoms. The van der Waals surface area contributed by atoms with E-state index >= 15 is 0 Å². The minimum absolute atomic E-state index is 0.0729. The van der Waals surface area contributed by atoms with Gasteiger partial charge in [0.2, 0.25) is 5.95 Å². The van der Waals surface area contributed by atoms with E-state index in [4.69, 9.17) is 5.26 Å². The molecule has 3 nitrogen and oxygen atoms in total. The first-order valence-electron chi connectivity index (χ1n) is 4.36. The van der Waals surface area contributed by atoms with Crippen LogP contribution in [-0.2, 0) is 0 Å². The van der Waals surface area contributed by atoms with Gasteiger partial charge in [-0.3, -0.25) is 0 Å². The van der Waals surface area contributed by atoms with Crippen molar-refractivity contribution < 1.29 is 4.39 Å². The molecule has 0 aliphatic rings. The molecule has 0 spiro atoms. The molecule has 0 aliphatic carbocycles. The van der Waals surface area contributed by atoms with Gasteiger partial charge in [0.15, 0.2) is 0 Å². The van der Waals surface area contributed by atoms with E-state index in [9.17, 15) is 4.39 Å². The van der Waals surface area contributed by atoms with E-state index in [1.165, 1.54) is 12.3 Å². The lowest BCUT2D eigenvalue weighted by molar-refractivity contribution is 0.582. The predicted molar refractivity (Wildman–Crippen MR) is 52.2 cm³/mol. The lowest BCUT2D eigenvalue weighted by Gasteiger charge is -2.19. The predicted octanol–water partition coefficient (Wildman–Crippen LogP) is 1.82. The highest BCUT2D eigenvalue weighted by molar-refractivity contribution is 5.44. The van der Waals surface area contributed by atoms with Gasteiger partial charge >= 0.3 is 0 Å². The Morgan fingerprint density at radius 1 is 1.71 bits per heavy atom. The zero-order valence-electron chi connectivity index (χ0n) is 8.24. The highest BCUT2D eigenvalue weighted by atomic mass is 19.1. The summed E-state index contributed by atoms with van der Waals surface area (Å²) in [5.74, 6) is -0.574. The van der Waals surface area contributed by atoms with E-state index in [2.05, 4.69) is 11.1 Å². The molecule has 74 valence electrons. The number of pyridine rings is 1. The minimum Gasteiger partial charge on any atom is -0.373 e. The second-order valence-electron chi connectivity index (χ2n) is 3.25. The average Bonchev–Trinajstić information content (AvgIpc) is 2.17. The zero-order valence-corrected chi connectivity index (χ0v) is 8.24. The topological polar surface area (TPSA) is 39.9 Å². The van der Waals surface area contributed by atoms with E-state index in [1.54, 1.807) is 6.07 Å². The monoisotopic (exact) mass is 193 g/mol. The maximum absolute atomic E-state index is 12.7. The van der Waals surface area contributed by atoms with Crippen LogP contribution in [0.2, 0.25) is 0 Å². The highest BCUT2D eigenvalue weighted by Gasteiger charge is 2.06. The molecular weight excluding hydrogens is 181 g/mol. The zero-order chi connectivity index (χ0) is 10.6. The number of aromatic nitrogens is 1. The van der Waals surface area contributed by atoms with Crippen LogP contribution in [0.5, 0.6) is 0 Å². The first-order valence-corrected chi connectivity index (χ1v) is 4.36. The van der Waals surface area contributed by atoms with Crippen molar-refractivity contribution in [3.8, 4) is 6.07 Å². The highest BCUT2D eigenvalue weighted by Crippen LogP contribution is 2.13. The molecule has 0 saturated carbocycles. The van der Waals surface area contributed by atoms with E-state index in [-0.39, 0.29) is 5.92 Å². The second kappa shape index (κ2) is 4.56. The summed E-state index contributed by atoms with van der Waals surface area (Å²) in [5.41, 5.74) is 0.736. The smallest absolute Gasteiger partial charge is 0.214 e. The second-order valence-corrected chi connectivity index (χ2v) is 3.25. The third-order valence-corrected chi connectivity index (χ3v) is 1.92. The van der Waals surface area contributed by atoms with Crippen LogP contribution in [0.25, 0.3) is 0 Å². The number of nitriles is 1. The van der Waals surface area contributed by atoms with Crippen molar-refractivity contribution >= 4 is 5.69 Å². The van der Waals surface area contributed by atoms with Crippen LogP contribution < -0.4 is 4.90 Å². The van der Waals surface area contributed by atoms with Gasteiger partial charge in [-0.2, -0.15) is 9.65 Å². The lowest BCUT2D eigenvalue weighted by atomic mass is 10.2.